The van der Waals surface area contributed by atoms with Crippen LogP contribution >= 0.6 is 0 Å². The zero-order valence-electron chi connectivity index (χ0n) is 13.8. The van der Waals surface area contributed by atoms with Crippen LogP contribution in [0.1, 0.15) is 22.3 Å². The molecule has 0 fully saturated rings. The van der Waals surface area contributed by atoms with Crippen molar-refractivity contribution >= 4 is 17.6 Å². The average Bonchev–Trinajstić information content (AvgIpc) is 3.09. The van der Waals surface area contributed by atoms with E-state index < -0.39 is 29.1 Å². The van der Waals surface area contributed by atoms with E-state index in [9.17, 15) is 18.4 Å². The molecule has 136 valence electrons. The van der Waals surface area contributed by atoms with Crippen LogP contribution in [0.2, 0.25) is 0 Å². The Bertz CT molecular complexity index is 869. The van der Waals surface area contributed by atoms with Crippen molar-refractivity contribution in [2.24, 2.45) is 0 Å². The second-order valence-corrected chi connectivity index (χ2v) is 5.54. The molecule has 8 heteroatoms. The molecule has 1 heterocycles. The molecule has 0 radical (unpaired) electrons. The van der Waals surface area contributed by atoms with Crippen LogP contribution in [0, 0.1) is 11.6 Å². The molecule has 1 aliphatic rings. The molecule has 0 saturated heterocycles. The lowest BCUT2D eigenvalue weighted by molar-refractivity contribution is -0.116. The predicted octanol–water partition coefficient (Wildman–Crippen LogP) is 3.05. The first-order chi connectivity index (χ1) is 12.5. The van der Waals surface area contributed by atoms with Crippen molar-refractivity contribution in [2.75, 3.05) is 19.2 Å². The summed E-state index contributed by atoms with van der Waals surface area (Å²) in [6.45, 7) is 0.158. The lowest BCUT2D eigenvalue weighted by atomic mass is 10.1. The SMILES string of the molecule is COC(=O)c1cc(NC(=O)CCc2ccc3c(c2)OCO3)c(F)cc1F. The number of ether oxygens (including phenoxy) is 3. The minimum Gasteiger partial charge on any atom is -0.465 e. The van der Waals surface area contributed by atoms with Gasteiger partial charge in [0.25, 0.3) is 0 Å². The van der Waals surface area contributed by atoms with Gasteiger partial charge in [0, 0.05) is 12.5 Å². The summed E-state index contributed by atoms with van der Waals surface area (Å²) >= 11 is 0. The molecular formula is C18H15F2NO5. The molecule has 2 aromatic rings. The van der Waals surface area contributed by atoms with Gasteiger partial charge in [0.2, 0.25) is 12.7 Å². The molecule has 2 aromatic carbocycles. The summed E-state index contributed by atoms with van der Waals surface area (Å²) in [6.07, 6.45) is 0.444. The summed E-state index contributed by atoms with van der Waals surface area (Å²) < 4.78 is 42.3. The third-order valence-corrected chi connectivity index (χ3v) is 3.81. The number of hydrogen-bond donors (Lipinski definition) is 1. The van der Waals surface area contributed by atoms with Crippen molar-refractivity contribution < 1.29 is 32.6 Å². The summed E-state index contributed by atoms with van der Waals surface area (Å²) in [7, 11) is 1.08. The fourth-order valence-corrected chi connectivity index (χ4v) is 2.48. The maximum atomic E-state index is 13.8. The first-order valence-electron chi connectivity index (χ1n) is 7.73. The first kappa shape index (κ1) is 17.7. The quantitative estimate of drug-likeness (QED) is 0.827. The Kier molecular flexibility index (Phi) is 5.01. The number of carbonyl (C=O) groups excluding carboxylic acids is 2. The van der Waals surface area contributed by atoms with Crippen LogP contribution in [-0.4, -0.2) is 25.8 Å². The fraction of sp³-hybridized carbons (Fsp3) is 0.222. The highest BCUT2D eigenvalue weighted by molar-refractivity contribution is 5.95. The van der Waals surface area contributed by atoms with Gasteiger partial charge in [0.1, 0.15) is 11.6 Å². The third-order valence-electron chi connectivity index (χ3n) is 3.81. The van der Waals surface area contributed by atoms with Gasteiger partial charge < -0.3 is 19.5 Å². The molecule has 1 amide bonds. The number of fused-ring (bicyclic) bond motifs is 1. The van der Waals surface area contributed by atoms with Crippen LogP contribution in [0.15, 0.2) is 30.3 Å². The highest BCUT2D eigenvalue weighted by Gasteiger charge is 2.18. The smallest absolute Gasteiger partial charge is 0.340 e. The topological polar surface area (TPSA) is 73.9 Å². The Labute approximate surface area is 147 Å². The summed E-state index contributed by atoms with van der Waals surface area (Å²) in [4.78, 5) is 23.5. The number of hydrogen-bond acceptors (Lipinski definition) is 5. The van der Waals surface area contributed by atoms with Crippen LogP contribution in [0.3, 0.4) is 0 Å². The van der Waals surface area contributed by atoms with Gasteiger partial charge in [-0.15, -0.1) is 0 Å². The van der Waals surface area contributed by atoms with Gasteiger partial charge in [-0.05, 0) is 30.2 Å². The molecule has 26 heavy (non-hydrogen) atoms. The molecule has 0 saturated carbocycles. The lowest BCUT2D eigenvalue weighted by Gasteiger charge is -2.09. The van der Waals surface area contributed by atoms with Crippen LogP contribution in [0.25, 0.3) is 0 Å². The number of nitrogens with one attached hydrogen (secondary N) is 1. The Balaban J connectivity index is 1.65. The van der Waals surface area contributed by atoms with Gasteiger partial charge >= 0.3 is 5.97 Å². The minimum atomic E-state index is -1.06. The summed E-state index contributed by atoms with van der Waals surface area (Å²) in [5.41, 5.74) is 0.0988. The van der Waals surface area contributed by atoms with Crippen molar-refractivity contribution in [1.29, 1.82) is 0 Å². The van der Waals surface area contributed by atoms with Crippen molar-refractivity contribution in [1.82, 2.24) is 0 Å². The van der Waals surface area contributed by atoms with E-state index in [1.165, 1.54) is 0 Å². The number of esters is 1. The molecule has 6 nitrogen and oxygen atoms in total. The molecule has 1 N–H and O–H groups in total. The molecule has 1 aliphatic heterocycles. The Morgan fingerprint density at radius 3 is 2.65 bits per heavy atom. The van der Waals surface area contributed by atoms with Crippen molar-refractivity contribution in [3.8, 4) is 11.5 Å². The fourth-order valence-electron chi connectivity index (χ4n) is 2.48. The van der Waals surface area contributed by atoms with Crippen molar-refractivity contribution in [3.05, 3.63) is 53.1 Å². The molecule has 0 aromatic heterocycles. The first-order valence-corrected chi connectivity index (χ1v) is 7.73. The zero-order valence-corrected chi connectivity index (χ0v) is 13.8. The van der Waals surface area contributed by atoms with Crippen molar-refractivity contribution in [3.63, 3.8) is 0 Å². The van der Waals surface area contributed by atoms with Gasteiger partial charge in [0.05, 0.1) is 18.4 Å². The van der Waals surface area contributed by atoms with E-state index in [1.54, 1.807) is 18.2 Å². The number of methoxy groups -OCH3 is 1. The summed E-state index contributed by atoms with van der Waals surface area (Å²) in [6, 6.07) is 6.75. The van der Waals surface area contributed by atoms with Crippen LogP contribution in [-0.2, 0) is 16.0 Å². The second kappa shape index (κ2) is 7.38. The molecule has 0 bridgehead atoms. The lowest BCUT2D eigenvalue weighted by Crippen LogP contribution is -2.15. The number of carbonyl (C=O) groups is 2. The predicted molar refractivity (Wildman–Crippen MR) is 87.2 cm³/mol. The van der Waals surface area contributed by atoms with E-state index in [0.29, 0.717) is 24.0 Å². The molecule has 0 spiro atoms. The standard InChI is InChI=1S/C18H15F2NO5/c1-24-18(23)11-7-14(13(20)8-12(11)19)21-17(22)5-3-10-2-4-15-16(6-10)26-9-25-15/h2,4,6-8H,3,5,9H2,1H3,(H,21,22). The number of amides is 1. The second-order valence-electron chi connectivity index (χ2n) is 5.54. The molecule has 0 aliphatic carbocycles. The van der Waals surface area contributed by atoms with Crippen LogP contribution < -0.4 is 14.8 Å². The van der Waals surface area contributed by atoms with E-state index in [4.69, 9.17) is 9.47 Å². The number of halogens is 2. The van der Waals surface area contributed by atoms with Crippen molar-refractivity contribution in [2.45, 2.75) is 12.8 Å². The number of rotatable bonds is 5. The Morgan fingerprint density at radius 1 is 1.12 bits per heavy atom. The molecule has 0 unspecified atom stereocenters. The largest absolute Gasteiger partial charge is 0.465 e. The van der Waals surface area contributed by atoms with Gasteiger partial charge in [-0.1, -0.05) is 6.07 Å². The molecular weight excluding hydrogens is 348 g/mol. The monoisotopic (exact) mass is 363 g/mol. The highest BCUT2D eigenvalue weighted by Crippen LogP contribution is 2.32. The van der Waals surface area contributed by atoms with Gasteiger partial charge in [-0.3, -0.25) is 4.79 Å². The maximum Gasteiger partial charge on any atom is 0.340 e. The zero-order chi connectivity index (χ0) is 18.7. The number of anilines is 1. The van der Waals surface area contributed by atoms with Crippen LogP contribution in [0.4, 0.5) is 14.5 Å². The number of aryl methyl sites for hydroxylation is 1. The van der Waals surface area contributed by atoms with Crippen LogP contribution in [0.5, 0.6) is 11.5 Å². The molecule has 3 rings (SSSR count). The van der Waals surface area contributed by atoms with Gasteiger partial charge in [-0.25, -0.2) is 13.6 Å². The van der Waals surface area contributed by atoms with Gasteiger partial charge in [0.15, 0.2) is 11.5 Å². The van der Waals surface area contributed by atoms with E-state index in [2.05, 4.69) is 10.1 Å². The summed E-state index contributed by atoms with van der Waals surface area (Å²) in [5.74, 6) is -2.24. The van der Waals surface area contributed by atoms with E-state index >= 15 is 0 Å². The average molecular weight is 363 g/mol. The normalized spacial score (nSPS) is 12.0. The minimum absolute atomic E-state index is 0.0595. The maximum absolute atomic E-state index is 13.8. The van der Waals surface area contributed by atoms with E-state index in [-0.39, 0.29) is 18.9 Å². The summed E-state index contributed by atoms with van der Waals surface area (Å²) in [5, 5.41) is 2.34. The van der Waals surface area contributed by atoms with E-state index in [1.807, 2.05) is 0 Å². The Hall–Kier alpha value is -3.16. The highest BCUT2D eigenvalue weighted by atomic mass is 19.1. The Morgan fingerprint density at radius 2 is 1.88 bits per heavy atom. The van der Waals surface area contributed by atoms with Gasteiger partial charge in [-0.2, -0.15) is 0 Å². The van der Waals surface area contributed by atoms with E-state index in [0.717, 1.165) is 18.7 Å². The molecule has 0 atom stereocenters. The third kappa shape index (κ3) is 3.74. The number of benzene rings is 2.